The number of fused-ring (bicyclic) bond motifs is 1. The van der Waals surface area contributed by atoms with Gasteiger partial charge in [-0.3, -0.25) is 4.79 Å². The first-order chi connectivity index (χ1) is 12.2. The molecule has 0 bridgehead atoms. The van der Waals surface area contributed by atoms with Gasteiger partial charge in [0.25, 0.3) is 5.91 Å². The molecule has 6 heteroatoms. The number of methoxy groups -OCH3 is 1. The molecule has 0 unspecified atom stereocenters. The molecule has 25 heavy (non-hydrogen) atoms. The smallest absolute Gasteiger partial charge is 0.282 e. The third-order valence-electron chi connectivity index (χ3n) is 4.33. The number of carbonyl (C=O) groups is 1. The van der Waals surface area contributed by atoms with Crippen LogP contribution in [-0.2, 0) is 6.42 Å². The Morgan fingerprint density at radius 3 is 2.68 bits per heavy atom. The van der Waals surface area contributed by atoms with Crippen molar-refractivity contribution < 1.29 is 13.9 Å². The first-order valence-electron chi connectivity index (χ1n) is 7.97. The van der Waals surface area contributed by atoms with Gasteiger partial charge in [-0.05, 0) is 42.3 Å². The minimum Gasteiger partial charge on any atom is -0.493 e. The molecule has 1 aromatic heterocycles. The Hall–Kier alpha value is -3.15. The van der Waals surface area contributed by atoms with Gasteiger partial charge in [-0.15, -0.1) is 0 Å². The minimum atomic E-state index is -0.326. The fourth-order valence-electron chi connectivity index (χ4n) is 3.06. The number of aromatic nitrogens is 2. The van der Waals surface area contributed by atoms with Gasteiger partial charge in [0, 0.05) is 12.2 Å². The summed E-state index contributed by atoms with van der Waals surface area (Å²) in [4.78, 5) is 14.7. The maximum Gasteiger partial charge on any atom is 0.282 e. The second-order valence-corrected chi connectivity index (χ2v) is 5.80. The van der Waals surface area contributed by atoms with Crippen molar-refractivity contribution in [3.8, 4) is 11.4 Å². The van der Waals surface area contributed by atoms with E-state index in [-0.39, 0.29) is 17.4 Å². The quantitative estimate of drug-likeness (QED) is 0.737. The fourth-order valence-corrected chi connectivity index (χ4v) is 3.06. The number of rotatable bonds is 3. The molecule has 0 radical (unpaired) electrons. The molecule has 0 saturated carbocycles. The topological polar surface area (TPSA) is 47.4 Å². The van der Waals surface area contributed by atoms with Crippen molar-refractivity contribution in [1.82, 2.24) is 9.78 Å². The fraction of sp³-hybridized carbons (Fsp3) is 0.158. The average Bonchev–Trinajstić information content (AvgIpc) is 3.26. The van der Waals surface area contributed by atoms with Gasteiger partial charge in [-0.25, -0.2) is 9.07 Å². The van der Waals surface area contributed by atoms with Crippen molar-refractivity contribution in [2.45, 2.75) is 6.42 Å². The summed E-state index contributed by atoms with van der Waals surface area (Å²) in [5.41, 5.74) is 2.95. The van der Waals surface area contributed by atoms with E-state index in [4.69, 9.17) is 4.74 Å². The van der Waals surface area contributed by atoms with E-state index in [0.717, 1.165) is 17.7 Å². The summed E-state index contributed by atoms with van der Waals surface area (Å²) in [7, 11) is 1.50. The van der Waals surface area contributed by atoms with Crippen LogP contribution < -0.4 is 9.64 Å². The molecular weight excluding hydrogens is 321 g/mol. The molecule has 5 nitrogen and oxygen atoms in total. The molecule has 0 aliphatic carbocycles. The van der Waals surface area contributed by atoms with Crippen LogP contribution in [0.15, 0.2) is 54.7 Å². The standard InChI is InChI=1S/C19H16FN3O2/c1-25-17-12-23(15-8-6-14(20)7-9-15)21-18(17)19(24)22-11-10-13-4-2-3-5-16(13)22/h2-9,12H,10-11H2,1H3. The van der Waals surface area contributed by atoms with Crippen molar-refractivity contribution in [3.05, 3.63) is 71.8 Å². The van der Waals surface area contributed by atoms with Crippen molar-refractivity contribution in [1.29, 1.82) is 0 Å². The van der Waals surface area contributed by atoms with E-state index < -0.39 is 0 Å². The summed E-state index contributed by atoms with van der Waals surface area (Å²) in [5, 5.41) is 4.38. The molecule has 0 N–H and O–H groups in total. The van der Waals surface area contributed by atoms with Crippen LogP contribution in [-0.4, -0.2) is 29.3 Å². The number of nitrogens with zero attached hydrogens (tertiary/aromatic N) is 3. The van der Waals surface area contributed by atoms with Crippen LogP contribution in [0.3, 0.4) is 0 Å². The highest BCUT2D eigenvalue weighted by atomic mass is 19.1. The number of hydrogen-bond acceptors (Lipinski definition) is 3. The number of hydrogen-bond donors (Lipinski definition) is 0. The Morgan fingerprint density at radius 2 is 1.92 bits per heavy atom. The highest BCUT2D eigenvalue weighted by Gasteiger charge is 2.29. The maximum atomic E-state index is 13.1. The Bertz CT molecular complexity index is 934. The molecule has 4 rings (SSSR count). The van der Waals surface area contributed by atoms with Crippen LogP contribution in [0.2, 0.25) is 0 Å². The third kappa shape index (κ3) is 2.65. The maximum absolute atomic E-state index is 13.1. The molecule has 126 valence electrons. The van der Waals surface area contributed by atoms with E-state index in [1.54, 1.807) is 23.2 Å². The molecular formula is C19H16FN3O2. The van der Waals surface area contributed by atoms with Gasteiger partial charge in [0.15, 0.2) is 11.4 Å². The summed E-state index contributed by atoms with van der Waals surface area (Å²) in [6.07, 6.45) is 2.45. The number of anilines is 1. The second kappa shape index (κ2) is 6.05. The second-order valence-electron chi connectivity index (χ2n) is 5.80. The molecule has 3 aromatic rings. The van der Waals surface area contributed by atoms with Crippen LogP contribution >= 0.6 is 0 Å². The van der Waals surface area contributed by atoms with Crippen LogP contribution in [0.25, 0.3) is 5.69 Å². The van der Waals surface area contributed by atoms with Gasteiger partial charge in [0.2, 0.25) is 0 Å². The monoisotopic (exact) mass is 337 g/mol. The first kappa shape index (κ1) is 15.4. The van der Waals surface area contributed by atoms with E-state index in [2.05, 4.69) is 5.10 Å². The first-order valence-corrected chi connectivity index (χ1v) is 7.97. The summed E-state index contributed by atoms with van der Waals surface area (Å²) in [5.74, 6) is -0.144. The summed E-state index contributed by atoms with van der Waals surface area (Å²) in [6, 6.07) is 13.7. The van der Waals surface area contributed by atoms with E-state index in [0.29, 0.717) is 18.0 Å². The largest absolute Gasteiger partial charge is 0.493 e. The molecule has 2 aromatic carbocycles. The zero-order valence-electron chi connectivity index (χ0n) is 13.6. The van der Waals surface area contributed by atoms with E-state index >= 15 is 0 Å². The highest BCUT2D eigenvalue weighted by Crippen LogP contribution is 2.30. The van der Waals surface area contributed by atoms with E-state index in [9.17, 15) is 9.18 Å². The van der Waals surface area contributed by atoms with Crippen LogP contribution in [0.1, 0.15) is 16.1 Å². The summed E-state index contributed by atoms with van der Waals surface area (Å²) < 4.78 is 20.0. The van der Waals surface area contributed by atoms with Crippen molar-refractivity contribution in [2.24, 2.45) is 0 Å². The van der Waals surface area contributed by atoms with Gasteiger partial charge >= 0.3 is 0 Å². The number of halogens is 1. The van der Waals surface area contributed by atoms with Gasteiger partial charge in [0.1, 0.15) is 5.82 Å². The number of carbonyl (C=O) groups excluding carboxylic acids is 1. The van der Waals surface area contributed by atoms with Gasteiger partial charge < -0.3 is 9.64 Å². The Morgan fingerprint density at radius 1 is 1.16 bits per heavy atom. The number of benzene rings is 2. The Kier molecular flexibility index (Phi) is 3.72. The normalized spacial score (nSPS) is 13.0. The number of amides is 1. The van der Waals surface area contributed by atoms with E-state index in [1.807, 2.05) is 24.3 Å². The van der Waals surface area contributed by atoms with E-state index in [1.165, 1.54) is 23.9 Å². The lowest BCUT2D eigenvalue weighted by Gasteiger charge is -2.16. The lowest BCUT2D eigenvalue weighted by atomic mass is 10.2. The van der Waals surface area contributed by atoms with Crippen LogP contribution in [0.4, 0.5) is 10.1 Å². The number of para-hydroxylation sites is 1. The molecule has 0 spiro atoms. The SMILES string of the molecule is COc1cn(-c2ccc(F)cc2)nc1C(=O)N1CCc2ccccc21. The molecule has 1 aliphatic heterocycles. The molecule has 0 fully saturated rings. The van der Waals surface area contributed by atoms with Crippen molar-refractivity contribution >= 4 is 11.6 Å². The summed E-state index contributed by atoms with van der Waals surface area (Å²) in [6.45, 7) is 0.616. The predicted molar refractivity (Wildman–Crippen MR) is 91.9 cm³/mol. The van der Waals surface area contributed by atoms with Crippen LogP contribution in [0, 0.1) is 5.82 Å². The lowest BCUT2D eigenvalue weighted by molar-refractivity contribution is 0.0981. The van der Waals surface area contributed by atoms with Crippen LogP contribution in [0.5, 0.6) is 5.75 Å². The molecule has 2 heterocycles. The average molecular weight is 337 g/mol. The predicted octanol–water partition coefficient (Wildman–Crippen LogP) is 3.22. The van der Waals surface area contributed by atoms with Gasteiger partial charge in [0.05, 0.1) is 19.0 Å². The minimum absolute atomic E-state index is 0.206. The molecule has 0 atom stereocenters. The molecule has 0 saturated heterocycles. The third-order valence-corrected chi connectivity index (χ3v) is 4.33. The van der Waals surface area contributed by atoms with Crippen molar-refractivity contribution in [3.63, 3.8) is 0 Å². The molecule has 1 aliphatic rings. The highest BCUT2D eigenvalue weighted by molar-refractivity contribution is 6.07. The lowest BCUT2D eigenvalue weighted by Crippen LogP contribution is -2.29. The summed E-state index contributed by atoms with van der Waals surface area (Å²) >= 11 is 0. The van der Waals surface area contributed by atoms with Gasteiger partial charge in [-0.2, -0.15) is 5.10 Å². The number of ether oxygens (including phenoxy) is 1. The Balaban J connectivity index is 1.71. The van der Waals surface area contributed by atoms with Gasteiger partial charge in [-0.1, -0.05) is 18.2 Å². The Labute approximate surface area is 144 Å². The zero-order chi connectivity index (χ0) is 17.4. The zero-order valence-corrected chi connectivity index (χ0v) is 13.6. The van der Waals surface area contributed by atoms with Crippen molar-refractivity contribution in [2.75, 3.05) is 18.6 Å². The molecule has 1 amide bonds.